The number of amides is 2. The van der Waals surface area contributed by atoms with Crippen LogP contribution in [0.5, 0.6) is 0 Å². The van der Waals surface area contributed by atoms with E-state index in [1.54, 1.807) is 24.0 Å². The first-order chi connectivity index (χ1) is 12.6. The van der Waals surface area contributed by atoms with Crippen LogP contribution < -0.4 is 0 Å². The van der Waals surface area contributed by atoms with E-state index >= 15 is 0 Å². The summed E-state index contributed by atoms with van der Waals surface area (Å²) < 4.78 is 7.01. The summed E-state index contributed by atoms with van der Waals surface area (Å²) in [5, 5.41) is 8.41. The highest BCUT2D eigenvalue weighted by molar-refractivity contribution is 5.74. The maximum atomic E-state index is 12.5. The normalized spacial score (nSPS) is 13.0. The van der Waals surface area contributed by atoms with Gasteiger partial charge in [-0.05, 0) is 30.5 Å². The van der Waals surface area contributed by atoms with Gasteiger partial charge in [-0.25, -0.2) is 4.79 Å². The Bertz CT molecular complexity index is 849. The van der Waals surface area contributed by atoms with Crippen LogP contribution in [0, 0.1) is 18.8 Å². The molecular formula is C19H23N5O2. The lowest BCUT2D eigenvalue weighted by Crippen LogP contribution is -2.46. The molecule has 0 radical (unpaired) electrons. The minimum atomic E-state index is -0.0244. The summed E-state index contributed by atoms with van der Waals surface area (Å²) in [6, 6.07) is 8.02. The topological polar surface area (TPSA) is 63.5 Å². The third kappa shape index (κ3) is 4.03. The van der Waals surface area contributed by atoms with E-state index in [0.29, 0.717) is 38.6 Å². The minimum Gasteiger partial charge on any atom is -0.383 e. The van der Waals surface area contributed by atoms with E-state index in [4.69, 9.17) is 4.74 Å². The van der Waals surface area contributed by atoms with Gasteiger partial charge in [0.05, 0.1) is 13.2 Å². The van der Waals surface area contributed by atoms with E-state index in [2.05, 4.69) is 22.0 Å². The Morgan fingerprint density at radius 1 is 1.31 bits per heavy atom. The fourth-order valence-corrected chi connectivity index (χ4v) is 2.83. The number of fused-ring (bicyclic) bond motifs is 1. The van der Waals surface area contributed by atoms with Crippen molar-refractivity contribution in [1.29, 1.82) is 0 Å². The molecule has 0 unspecified atom stereocenters. The minimum absolute atomic E-state index is 0.0244. The maximum Gasteiger partial charge on any atom is 0.320 e. The summed E-state index contributed by atoms with van der Waals surface area (Å²) in [4.78, 5) is 15.9. The fourth-order valence-electron chi connectivity index (χ4n) is 2.83. The van der Waals surface area contributed by atoms with Crippen LogP contribution in [0.1, 0.15) is 22.8 Å². The van der Waals surface area contributed by atoms with E-state index in [1.165, 1.54) is 5.56 Å². The summed E-state index contributed by atoms with van der Waals surface area (Å²) in [6.45, 7) is 4.82. The molecule has 26 heavy (non-hydrogen) atoms. The summed E-state index contributed by atoms with van der Waals surface area (Å²) in [5.41, 5.74) is 2.13. The Kier molecular flexibility index (Phi) is 5.54. The van der Waals surface area contributed by atoms with Crippen molar-refractivity contribution >= 4 is 6.03 Å². The third-order valence-corrected chi connectivity index (χ3v) is 4.32. The molecule has 7 heteroatoms. The van der Waals surface area contributed by atoms with Gasteiger partial charge in [-0.1, -0.05) is 18.1 Å². The molecular weight excluding hydrogens is 330 g/mol. The summed E-state index contributed by atoms with van der Waals surface area (Å²) in [7, 11) is 3.40. The SMILES string of the molecule is COCCN(C)C(=O)N1CCn2c(C#Cc3cccc(C)c3)nnc2C1. The number of aryl methyl sites for hydroxylation is 1. The van der Waals surface area contributed by atoms with E-state index in [1.807, 2.05) is 35.8 Å². The zero-order chi connectivity index (χ0) is 18.5. The molecule has 0 saturated carbocycles. The number of methoxy groups -OCH3 is 1. The fraction of sp³-hybridized carbons (Fsp3) is 0.421. The van der Waals surface area contributed by atoms with Gasteiger partial charge >= 0.3 is 6.03 Å². The number of aromatic nitrogens is 3. The van der Waals surface area contributed by atoms with Crippen LogP contribution in [0.2, 0.25) is 0 Å². The predicted molar refractivity (Wildman–Crippen MR) is 97.5 cm³/mol. The Hall–Kier alpha value is -2.85. The molecule has 0 saturated heterocycles. The number of hydrogen-bond donors (Lipinski definition) is 0. The van der Waals surface area contributed by atoms with Crippen LogP contribution in [0.4, 0.5) is 4.79 Å². The van der Waals surface area contributed by atoms with Gasteiger partial charge < -0.3 is 19.1 Å². The van der Waals surface area contributed by atoms with Gasteiger partial charge in [0.25, 0.3) is 0 Å². The van der Waals surface area contributed by atoms with Gasteiger partial charge in [-0.15, -0.1) is 10.2 Å². The second-order valence-electron chi connectivity index (χ2n) is 6.33. The van der Waals surface area contributed by atoms with Crippen molar-refractivity contribution in [2.24, 2.45) is 0 Å². The molecule has 0 spiro atoms. The third-order valence-electron chi connectivity index (χ3n) is 4.32. The lowest BCUT2D eigenvalue weighted by atomic mass is 10.1. The number of rotatable bonds is 3. The van der Waals surface area contributed by atoms with Crippen molar-refractivity contribution in [3.05, 3.63) is 47.0 Å². The van der Waals surface area contributed by atoms with E-state index in [0.717, 1.165) is 11.4 Å². The zero-order valence-corrected chi connectivity index (χ0v) is 15.4. The number of likely N-dealkylation sites (N-methyl/N-ethyl adjacent to an activating group) is 1. The van der Waals surface area contributed by atoms with Gasteiger partial charge in [-0.3, -0.25) is 0 Å². The van der Waals surface area contributed by atoms with Gasteiger partial charge in [0.2, 0.25) is 5.82 Å². The zero-order valence-electron chi connectivity index (χ0n) is 15.4. The summed E-state index contributed by atoms with van der Waals surface area (Å²) in [5.74, 6) is 7.64. The van der Waals surface area contributed by atoms with E-state index in [-0.39, 0.29) is 6.03 Å². The van der Waals surface area contributed by atoms with Crippen LogP contribution in [0.25, 0.3) is 0 Å². The molecule has 1 aliphatic rings. The van der Waals surface area contributed by atoms with Crippen molar-refractivity contribution in [2.75, 3.05) is 33.9 Å². The van der Waals surface area contributed by atoms with E-state index < -0.39 is 0 Å². The first-order valence-electron chi connectivity index (χ1n) is 8.58. The van der Waals surface area contributed by atoms with Crippen molar-refractivity contribution in [1.82, 2.24) is 24.6 Å². The maximum absolute atomic E-state index is 12.5. The smallest absolute Gasteiger partial charge is 0.320 e. The highest BCUT2D eigenvalue weighted by Crippen LogP contribution is 2.13. The summed E-state index contributed by atoms with van der Waals surface area (Å²) >= 11 is 0. The molecule has 3 rings (SSSR count). The van der Waals surface area contributed by atoms with Gasteiger partial charge in [0.15, 0.2) is 5.82 Å². The number of nitrogens with zero attached hydrogens (tertiary/aromatic N) is 5. The molecule has 0 fully saturated rings. The first kappa shape index (κ1) is 18.0. The molecule has 1 aromatic heterocycles. The number of hydrogen-bond acceptors (Lipinski definition) is 4. The van der Waals surface area contributed by atoms with Crippen LogP contribution in [-0.2, 0) is 17.8 Å². The Balaban J connectivity index is 1.70. The first-order valence-corrected chi connectivity index (χ1v) is 8.58. The lowest BCUT2D eigenvalue weighted by Gasteiger charge is -2.31. The number of carbonyl (C=O) groups excluding carboxylic acids is 1. The molecule has 7 nitrogen and oxygen atoms in total. The average Bonchev–Trinajstić information content (AvgIpc) is 3.06. The van der Waals surface area contributed by atoms with Crippen LogP contribution >= 0.6 is 0 Å². The Morgan fingerprint density at radius 2 is 2.15 bits per heavy atom. The second-order valence-corrected chi connectivity index (χ2v) is 6.33. The monoisotopic (exact) mass is 353 g/mol. The van der Waals surface area contributed by atoms with Gasteiger partial charge in [-0.2, -0.15) is 0 Å². The quantitative estimate of drug-likeness (QED) is 0.785. The van der Waals surface area contributed by atoms with Gasteiger partial charge in [0.1, 0.15) is 0 Å². The standard InChI is InChI=1S/C19H23N5O2/c1-15-5-4-6-16(13-15)7-8-17-20-21-18-14-23(9-10-24(17)18)19(25)22(2)11-12-26-3/h4-6,13H,9-12,14H2,1-3H3. The van der Waals surface area contributed by atoms with Crippen LogP contribution in [0.3, 0.4) is 0 Å². The van der Waals surface area contributed by atoms with Crippen molar-refractivity contribution < 1.29 is 9.53 Å². The molecule has 1 aromatic carbocycles. The number of benzene rings is 1. The van der Waals surface area contributed by atoms with Crippen molar-refractivity contribution in [3.8, 4) is 11.8 Å². The molecule has 136 valence electrons. The number of urea groups is 1. The highest BCUT2D eigenvalue weighted by atomic mass is 16.5. The Morgan fingerprint density at radius 3 is 2.92 bits per heavy atom. The summed E-state index contributed by atoms with van der Waals surface area (Å²) in [6.07, 6.45) is 0. The van der Waals surface area contributed by atoms with Crippen LogP contribution in [0.15, 0.2) is 24.3 Å². The number of ether oxygens (including phenoxy) is 1. The van der Waals surface area contributed by atoms with Crippen molar-refractivity contribution in [3.63, 3.8) is 0 Å². The molecule has 0 aliphatic carbocycles. The van der Waals surface area contributed by atoms with Gasteiger partial charge in [0, 0.05) is 39.4 Å². The molecule has 1 aliphatic heterocycles. The molecule has 0 N–H and O–H groups in total. The lowest BCUT2D eigenvalue weighted by molar-refractivity contribution is 0.127. The molecule has 2 heterocycles. The molecule has 0 atom stereocenters. The Labute approximate surface area is 153 Å². The largest absolute Gasteiger partial charge is 0.383 e. The average molecular weight is 353 g/mol. The molecule has 0 bridgehead atoms. The second kappa shape index (κ2) is 8.02. The molecule has 2 aromatic rings. The molecule has 2 amide bonds. The predicted octanol–water partition coefficient (Wildman–Crippen LogP) is 1.50. The van der Waals surface area contributed by atoms with Crippen LogP contribution in [-0.4, -0.2) is 64.4 Å². The number of carbonyl (C=O) groups is 1. The highest BCUT2D eigenvalue weighted by Gasteiger charge is 2.25. The van der Waals surface area contributed by atoms with E-state index in [9.17, 15) is 4.79 Å². The van der Waals surface area contributed by atoms with Crippen molar-refractivity contribution in [2.45, 2.75) is 20.0 Å².